The Kier molecular flexibility index (Phi) is 132. The molecule has 0 saturated carbocycles. The van der Waals surface area contributed by atoms with Crippen LogP contribution in [0.25, 0.3) is 0 Å². The first-order valence-corrected chi connectivity index (χ1v) is 35.7. The molecule has 0 aliphatic heterocycles. The third kappa shape index (κ3) is 125. The molecule has 0 spiro atoms. The van der Waals surface area contributed by atoms with Crippen molar-refractivity contribution in [2.24, 2.45) is 11.5 Å². The Hall–Kier alpha value is -0.533. The van der Waals surface area contributed by atoms with Gasteiger partial charge in [0, 0.05) is 74.5 Å². The molecule has 14 nitrogen and oxygen atoms in total. The van der Waals surface area contributed by atoms with Crippen molar-refractivity contribution in [1.82, 2.24) is 35.2 Å². The van der Waals surface area contributed by atoms with E-state index in [4.69, 9.17) is 26.8 Å². The molecule has 86 heavy (non-hydrogen) atoms. The average molecular weight is 1600 g/mol. The van der Waals surface area contributed by atoms with Gasteiger partial charge in [0.15, 0.2) is 0 Å². The van der Waals surface area contributed by atoms with Gasteiger partial charge >= 0.3 is 17.9 Å². The zero-order valence-electron chi connectivity index (χ0n) is 57.9. The molecule has 0 radical (unpaired) electrons. The second-order valence-corrected chi connectivity index (χ2v) is 23.9. The van der Waals surface area contributed by atoms with E-state index >= 15 is 0 Å². The summed E-state index contributed by atoms with van der Waals surface area (Å²) in [5, 5.41) is 32.5. The van der Waals surface area contributed by atoms with Crippen molar-refractivity contribution in [3.63, 3.8) is 0 Å². The fourth-order valence-corrected chi connectivity index (χ4v) is 10.2. The third-order valence-electron chi connectivity index (χ3n) is 15.6. The smallest absolute Gasteiger partial charge is 0.303 e. The van der Waals surface area contributed by atoms with E-state index in [0.717, 1.165) is 77.8 Å². The minimum Gasteiger partial charge on any atom is -0.481 e. The molecule has 0 aromatic carbocycles. The van der Waals surface area contributed by atoms with Crippen LogP contribution in [0, 0.1) is 0 Å². The van der Waals surface area contributed by atoms with Gasteiger partial charge in [0.25, 0.3) is 0 Å². The number of carboxylic acids is 3. The van der Waals surface area contributed by atoms with Crippen molar-refractivity contribution in [1.29, 1.82) is 0 Å². The van der Waals surface area contributed by atoms with Crippen molar-refractivity contribution in [2.45, 2.75) is 393 Å². The molecule has 21 N–H and O–H groups in total. The summed E-state index contributed by atoms with van der Waals surface area (Å²) in [4.78, 5) is 31.0. The number of aliphatic carboxylic acids is 3. The van der Waals surface area contributed by atoms with Crippen LogP contribution in [0.2, 0.25) is 0 Å². The SMILES string of the molecule is CCCCCCCCCCCCCCCCCC(=O)O.CCCCCCCCCCCCCCCCCC(=O)O.CCCCCCCCCCCCCCCCCCCC(=O)O.N.N.N.N.NCCCCCCNCCNCCCCCCN.[Pt].[Pt]. The Balaban J connectivity index is -0.000000110. The molecular weight excluding hydrogens is 1440 g/mol. The van der Waals surface area contributed by atoms with Crippen LogP contribution >= 0.6 is 0 Å². The fourth-order valence-electron chi connectivity index (χ4n) is 10.2. The zero-order valence-corrected chi connectivity index (χ0v) is 62.5. The van der Waals surface area contributed by atoms with Gasteiger partial charge in [0.05, 0.1) is 0 Å². The fraction of sp³-hybridized carbons (Fsp3) is 0.957. The van der Waals surface area contributed by atoms with Crippen molar-refractivity contribution < 1.29 is 71.8 Å². The molecular formula is C70H158N8O6Pt2. The number of nitrogens with two attached hydrogens (primary N) is 2. The minimum atomic E-state index is -0.653. The molecule has 0 aromatic heterocycles. The molecule has 0 bridgehead atoms. The molecule has 0 heterocycles. The van der Waals surface area contributed by atoms with E-state index in [1.807, 2.05) is 0 Å². The van der Waals surface area contributed by atoms with Crippen molar-refractivity contribution in [3.05, 3.63) is 0 Å². The summed E-state index contributed by atoms with van der Waals surface area (Å²) >= 11 is 0. The van der Waals surface area contributed by atoms with Gasteiger partial charge < -0.3 is 62.0 Å². The van der Waals surface area contributed by atoms with Crippen LogP contribution in [0.4, 0.5) is 0 Å². The summed E-state index contributed by atoms with van der Waals surface area (Å²) in [5.74, 6) is -1.96. The maximum Gasteiger partial charge on any atom is 0.303 e. The molecule has 0 saturated heterocycles. The number of carbonyl (C=O) groups is 3. The molecule has 0 fully saturated rings. The van der Waals surface area contributed by atoms with Crippen molar-refractivity contribution in [2.75, 3.05) is 39.3 Å². The standard InChI is InChI=1S/C20H40O2.2C18H36O2.C14H34N4.4H3N.2Pt/c1-2-3-4-5-6-7-8-9-10-11-12-13-14-15-16-17-18-19-20(21)22;2*1-2-3-4-5-6-7-8-9-10-11-12-13-14-15-16-17-18(19)20;15-9-5-1-3-7-11-17-13-14-18-12-8-4-2-6-10-16;;;;;;/h2-19H2,1H3,(H,21,22);2*2-17H2,1H3,(H,19,20);17-18H,1-16H2;4*1H3;;. The molecule has 0 aliphatic carbocycles. The van der Waals surface area contributed by atoms with E-state index in [9.17, 15) is 14.4 Å². The number of hydrogen-bond acceptors (Lipinski definition) is 11. The van der Waals surface area contributed by atoms with Crippen LogP contribution in [-0.2, 0) is 56.5 Å². The van der Waals surface area contributed by atoms with E-state index in [-0.39, 0.29) is 66.7 Å². The first-order chi connectivity index (χ1) is 39.2. The molecule has 16 heteroatoms. The third-order valence-corrected chi connectivity index (χ3v) is 15.6. The zero-order chi connectivity index (χ0) is 59.4. The largest absolute Gasteiger partial charge is 0.481 e. The van der Waals surface area contributed by atoms with Gasteiger partial charge in [0.1, 0.15) is 0 Å². The van der Waals surface area contributed by atoms with E-state index in [2.05, 4.69) is 31.4 Å². The first kappa shape index (κ1) is 107. The summed E-state index contributed by atoms with van der Waals surface area (Å²) in [6, 6.07) is 0. The molecule has 0 unspecified atom stereocenters. The Bertz CT molecular complexity index is 1080. The summed E-state index contributed by atoms with van der Waals surface area (Å²) in [6.45, 7) is 12.9. The summed E-state index contributed by atoms with van der Waals surface area (Å²) in [6.07, 6.45) is 73.6. The summed E-state index contributed by atoms with van der Waals surface area (Å²) < 4.78 is 0. The normalized spacial score (nSPS) is 10.2. The predicted octanol–water partition coefficient (Wildman–Crippen LogP) is 21.6. The monoisotopic (exact) mass is 1600 g/mol. The topological polar surface area (TPSA) is 328 Å². The summed E-state index contributed by atoms with van der Waals surface area (Å²) in [5.41, 5.74) is 10.9. The molecule has 0 aliphatic rings. The first-order valence-electron chi connectivity index (χ1n) is 35.7. The van der Waals surface area contributed by atoms with Crippen LogP contribution in [0.1, 0.15) is 393 Å². The van der Waals surface area contributed by atoms with Crippen LogP contribution in [-0.4, -0.2) is 72.5 Å². The van der Waals surface area contributed by atoms with Crippen LogP contribution in [0.3, 0.4) is 0 Å². The summed E-state index contributed by atoms with van der Waals surface area (Å²) in [7, 11) is 0. The number of hydrogen-bond donors (Lipinski definition) is 11. The van der Waals surface area contributed by atoms with E-state index in [1.54, 1.807) is 0 Å². The molecule has 534 valence electrons. The van der Waals surface area contributed by atoms with Gasteiger partial charge in [-0.05, 0) is 71.1 Å². The van der Waals surface area contributed by atoms with Crippen LogP contribution < -0.4 is 46.7 Å². The van der Waals surface area contributed by atoms with E-state index in [0.29, 0.717) is 19.3 Å². The maximum atomic E-state index is 10.4. The van der Waals surface area contributed by atoms with Crippen molar-refractivity contribution >= 4 is 17.9 Å². The Morgan fingerprint density at radius 2 is 0.372 bits per heavy atom. The van der Waals surface area contributed by atoms with Crippen LogP contribution in [0.5, 0.6) is 0 Å². The van der Waals surface area contributed by atoms with Gasteiger partial charge in [-0.1, -0.05) is 329 Å². The maximum absolute atomic E-state index is 10.4. The Labute approximate surface area is 565 Å². The van der Waals surface area contributed by atoms with E-state index < -0.39 is 17.9 Å². The molecule has 0 rings (SSSR count). The van der Waals surface area contributed by atoms with Gasteiger partial charge in [-0.2, -0.15) is 0 Å². The Morgan fingerprint density at radius 3 is 0.523 bits per heavy atom. The van der Waals surface area contributed by atoms with Gasteiger partial charge in [-0.15, -0.1) is 0 Å². The molecule has 0 amide bonds. The van der Waals surface area contributed by atoms with Crippen molar-refractivity contribution in [3.8, 4) is 0 Å². The number of nitrogens with one attached hydrogen (secondary N) is 2. The second kappa shape index (κ2) is 106. The van der Waals surface area contributed by atoms with Gasteiger partial charge in [-0.3, -0.25) is 14.4 Å². The van der Waals surface area contributed by atoms with Gasteiger partial charge in [0.2, 0.25) is 0 Å². The second-order valence-electron chi connectivity index (χ2n) is 23.9. The number of carboxylic acid groups (broad SMARTS) is 3. The predicted molar refractivity (Wildman–Crippen MR) is 372 cm³/mol. The molecule has 0 aromatic rings. The van der Waals surface area contributed by atoms with Gasteiger partial charge in [-0.25, -0.2) is 0 Å². The minimum absolute atomic E-state index is 0. The number of rotatable bonds is 65. The molecule has 0 atom stereocenters. The number of unbranched alkanes of at least 4 members (excludes halogenated alkanes) is 50. The Morgan fingerprint density at radius 1 is 0.233 bits per heavy atom. The average Bonchev–Trinajstić information content (AvgIpc) is 3.44. The van der Waals surface area contributed by atoms with E-state index in [1.165, 1.54) is 315 Å². The quantitative estimate of drug-likeness (QED) is 0.0252. The van der Waals surface area contributed by atoms with Crippen LogP contribution in [0.15, 0.2) is 0 Å².